The van der Waals surface area contributed by atoms with Gasteiger partial charge in [0.25, 0.3) is 0 Å². The lowest BCUT2D eigenvalue weighted by atomic mass is 9.78. The van der Waals surface area contributed by atoms with E-state index in [0.717, 1.165) is 11.8 Å². The first-order valence-electron chi connectivity index (χ1n) is 8.16. The van der Waals surface area contributed by atoms with E-state index >= 15 is 0 Å². The Morgan fingerprint density at radius 2 is 1.43 bits per heavy atom. The summed E-state index contributed by atoms with van der Waals surface area (Å²) < 4.78 is 0. The Bertz CT molecular complexity index is 565. The molecule has 3 rings (SSSR count). The second-order valence-corrected chi connectivity index (χ2v) is 6.47. The zero-order valence-electron chi connectivity index (χ0n) is 13.0. The van der Waals surface area contributed by atoms with Gasteiger partial charge in [-0.2, -0.15) is 0 Å². The Morgan fingerprint density at radius 1 is 0.810 bits per heavy atom. The second-order valence-electron chi connectivity index (χ2n) is 6.47. The number of rotatable bonds is 3. The van der Waals surface area contributed by atoms with E-state index < -0.39 is 0 Å². The van der Waals surface area contributed by atoms with Crippen molar-refractivity contribution in [3.63, 3.8) is 0 Å². The third kappa shape index (κ3) is 3.12. The SMILES string of the molecule is CC1CCCC(C)C1Nc1ccccc1-c1ccccc1. The van der Waals surface area contributed by atoms with Crippen molar-refractivity contribution in [3.05, 3.63) is 54.6 Å². The first kappa shape index (κ1) is 14.2. The van der Waals surface area contributed by atoms with Gasteiger partial charge in [-0.1, -0.05) is 68.8 Å². The van der Waals surface area contributed by atoms with Crippen LogP contribution in [0.4, 0.5) is 5.69 Å². The molecule has 0 bridgehead atoms. The van der Waals surface area contributed by atoms with Gasteiger partial charge >= 0.3 is 0 Å². The summed E-state index contributed by atoms with van der Waals surface area (Å²) in [5, 5.41) is 3.85. The molecule has 1 saturated carbocycles. The minimum atomic E-state index is 0.587. The molecule has 1 nitrogen and oxygen atoms in total. The van der Waals surface area contributed by atoms with Gasteiger partial charge in [0.1, 0.15) is 0 Å². The molecule has 0 aromatic heterocycles. The quantitative estimate of drug-likeness (QED) is 0.772. The highest BCUT2D eigenvalue weighted by atomic mass is 14.9. The topological polar surface area (TPSA) is 12.0 Å². The molecule has 0 aliphatic heterocycles. The Hall–Kier alpha value is -1.76. The highest BCUT2D eigenvalue weighted by Crippen LogP contribution is 2.34. The molecule has 0 saturated heterocycles. The highest BCUT2D eigenvalue weighted by molar-refractivity contribution is 5.77. The molecule has 2 atom stereocenters. The molecule has 110 valence electrons. The Kier molecular flexibility index (Phi) is 4.28. The number of para-hydroxylation sites is 1. The maximum absolute atomic E-state index is 3.85. The summed E-state index contributed by atoms with van der Waals surface area (Å²) in [6.07, 6.45) is 4.06. The van der Waals surface area contributed by atoms with Crippen LogP contribution < -0.4 is 5.32 Å². The van der Waals surface area contributed by atoms with E-state index in [2.05, 4.69) is 73.8 Å². The fourth-order valence-electron chi connectivity index (χ4n) is 3.62. The Balaban J connectivity index is 1.89. The highest BCUT2D eigenvalue weighted by Gasteiger charge is 2.27. The van der Waals surface area contributed by atoms with Gasteiger partial charge < -0.3 is 5.32 Å². The van der Waals surface area contributed by atoms with Crippen LogP contribution in [-0.4, -0.2) is 6.04 Å². The molecule has 2 aromatic rings. The lowest BCUT2D eigenvalue weighted by Crippen LogP contribution is -2.37. The second kappa shape index (κ2) is 6.34. The van der Waals surface area contributed by atoms with Crippen LogP contribution in [0, 0.1) is 11.8 Å². The molecule has 1 N–H and O–H groups in total. The number of nitrogens with one attached hydrogen (secondary N) is 1. The van der Waals surface area contributed by atoms with Crippen molar-refractivity contribution < 1.29 is 0 Å². The van der Waals surface area contributed by atoms with Crippen LogP contribution in [0.2, 0.25) is 0 Å². The van der Waals surface area contributed by atoms with Crippen molar-refractivity contribution in [2.24, 2.45) is 11.8 Å². The van der Waals surface area contributed by atoms with Crippen LogP contribution in [0.3, 0.4) is 0 Å². The third-order valence-electron chi connectivity index (χ3n) is 4.88. The number of hydrogen-bond donors (Lipinski definition) is 1. The van der Waals surface area contributed by atoms with Crippen molar-refractivity contribution in [1.29, 1.82) is 0 Å². The summed E-state index contributed by atoms with van der Waals surface area (Å²) in [4.78, 5) is 0. The molecule has 1 aliphatic carbocycles. The molecule has 21 heavy (non-hydrogen) atoms. The van der Waals surface area contributed by atoms with Gasteiger partial charge in [-0.25, -0.2) is 0 Å². The molecule has 1 fully saturated rings. The summed E-state index contributed by atoms with van der Waals surface area (Å²) in [7, 11) is 0. The number of anilines is 1. The monoisotopic (exact) mass is 279 g/mol. The fourth-order valence-corrected chi connectivity index (χ4v) is 3.62. The minimum Gasteiger partial charge on any atom is -0.381 e. The third-order valence-corrected chi connectivity index (χ3v) is 4.88. The van der Waals surface area contributed by atoms with E-state index in [-0.39, 0.29) is 0 Å². The standard InChI is InChI=1S/C20H25N/c1-15-9-8-10-16(2)20(15)21-19-14-7-6-13-18(19)17-11-4-3-5-12-17/h3-7,11-16,20-21H,8-10H2,1-2H3. The van der Waals surface area contributed by atoms with Gasteiger partial charge in [0.15, 0.2) is 0 Å². The van der Waals surface area contributed by atoms with Crippen LogP contribution in [0.15, 0.2) is 54.6 Å². The predicted octanol–water partition coefficient (Wildman–Crippen LogP) is 5.59. The van der Waals surface area contributed by atoms with E-state index in [9.17, 15) is 0 Å². The lowest BCUT2D eigenvalue weighted by molar-refractivity contribution is 0.268. The van der Waals surface area contributed by atoms with Gasteiger partial charge in [-0.15, -0.1) is 0 Å². The smallest absolute Gasteiger partial charge is 0.0422 e. The molecule has 0 heterocycles. The van der Waals surface area contributed by atoms with E-state index in [0.29, 0.717) is 6.04 Å². The van der Waals surface area contributed by atoms with Crippen LogP contribution in [-0.2, 0) is 0 Å². The summed E-state index contributed by atoms with van der Waals surface area (Å²) in [6, 6.07) is 20.0. The average Bonchev–Trinajstić information content (AvgIpc) is 2.52. The first-order valence-corrected chi connectivity index (χ1v) is 8.16. The summed E-state index contributed by atoms with van der Waals surface area (Å²) in [5.41, 5.74) is 3.87. The molecule has 0 spiro atoms. The van der Waals surface area contributed by atoms with E-state index in [1.807, 2.05) is 0 Å². The van der Waals surface area contributed by atoms with Crippen LogP contribution in [0.1, 0.15) is 33.1 Å². The zero-order chi connectivity index (χ0) is 14.7. The minimum absolute atomic E-state index is 0.587. The summed E-state index contributed by atoms with van der Waals surface area (Å²) in [6.45, 7) is 4.77. The lowest BCUT2D eigenvalue weighted by Gasteiger charge is -2.36. The van der Waals surface area contributed by atoms with Gasteiger partial charge in [0, 0.05) is 17.3 Å². The van der Waals surface area contributed by atoms with Crippen LogP contribution >= 0.6 is 0 Å². The molecule has 1 aliphatic rings. The van der Waals surface area contributed by atoms with Crippen molar-refractivity contribution in [1.82, 2.24) is 0 Å². The first-order chi connectivity index (χ1) is 10.3. The molecule has 2 aromatic carbocycles. The average molecular weight is 279 g/mol. The summed E-state index contributed by atoms with van der Waals surface area (Å²) in [5.74, 6) is 1.50. The van der Waals surface area contributed by atoms with Gasteiger partial charge in [0.2, 0.25) is 0 Å². The number of hydrogen-bond acceptors (Lipinski definition) is 1. The molecular weight excluding hydrogens is 254 g/mol. The largest absolute Gasteiger partial charge is 0.381 e. The molecule has 1 heteroatoms. The van der Waals surface area contributed by atoms with Crippen LogP contribution in [0.5, 0.6) is 0 Å². The molecular formula is C20H25N. The van der Waals surface area contributed by atoms with Gasteiger partial charge in [0.05, 0.1) is 0 Å². The van der Waals surface area contributed by atoms with Gasteiger partial charge in [-0.3, -0.25) is 0 Å². The summed E-state index contributed by atoms with van der Waals surface area (Å²) >= 11 is 0. The maximum atomic E-state index is 3.85. The van der Waals surface area contributed by atoms with Crippen LogP contribution in [0.25, 0.3) is 11.1 Å². The molecule has 2 unspecified atom stereocenters. The Labute approximate surface area is 128 Å². The molecule has 0 radical (unpaired) electrons. The van der Waals surface area contributed by atoms with Crippen molar-refractivity contribution >= 4 is 5.69 Å². The van der Waals surface area contributed by atoms with Gasteiger partial charge in [-0.05, 0) is 36.3 Å². The van der Waals surface area contributed by atoms with E-state index in [4.69, 9.17) is 0 Å². The Morgan fingerprint density at radius 3 is 2.14 bits per heavy atom. The fraction of sp³-hybridized carbons (Fsp3) is 0.400. The van der Waals surface area contributed by atoms with Crippen molar-refractivity contribution in [2.45, 2.75) is 39.2 Å². The molecule has 0 amide bonds. The zero-order valence-corrected chi connectivity index (χ0v) is 13.0. The van der Waals surface area contributed by atoms with Crippen molar-refractivity contribution in [2.75, 3.05) is 5.32 Å². The maximum Gasteiger partial charge on any atom is 0.0422 e. The van der Waals surface area contributed by atoms with Crippen molar-refractivity contribution in [3.8, 4) is 11.1 Å². The normalized spacial score (nSPS) is 25.5. The number of benzene rings is 2. The predicted molar refractivity (Wildman–Crippen MR) is 91.5 cm³/mol. The van der Waals surface area contributed by atoms with E-state index in [1.54, 1.807) is 0 Å². The van der Waals surface area contributed by atoms with E-state index in [1.165, 1.54) is 36.1 Å².